The molecule has 5 rings (SSSR count). The number of benzene rings is 2. The number of aliphatic hydroxyl groups is 1. The van der Waals surface area contributed by atoms with Gasteiger partial charge in [0.05, 0.1) is 26.7 Å². The Balaban J connectivity index is 1.22. The van der Waals surface area contributed by atoms with E-state index in [1.165, 1.54) is 5.56 Å². The number of carbonyl (C=O) groups excluding carboxylic acids is 1. The number of hydrogen-bond acceptors (Lipinski definition) is 4. The molecular formula is C29H39N2O4+. The molecule has 0 bridgehead atoms. The SMILES string of the molecule is C[N+](C)(CCc1ccc2c(c1)OCO2)C1CCN(C(=O)C(O)(c2ccccc2)C2CCCC2)CC1. The zero-order chi connectivity index (χ0) is 24.5. The predicted octanol–water partition coefficient (Wildman–Crippen LogP) is 4.10. The van der Waals surface area contributed by atoms with Crippen LogP contribution in [-0.2, 0) is 16.8 Å². The molecule has 0 spiro atoms. The van der Waals surface area contributed by atoms with E-state index in [4.69, 9.17) is 9.47 Å². The molecule has 1 aliphatic carbocycles. The lowest BCUT2D eigenvalue weighted by molar-refractivity contribution is -0.916. The second-order valence-electron chi connectivity index (χ2n) is 11.1. The highest BCUT2D eigenvalue weighted by Gasteiger charge is 2.49. The summed E-state index contributed by atoms with van der Waals surface area (Å²) < 4.78 is 11.9. The number of quaternary nitrogens is 1. The molecule has 1 atom stereocenters. The van der Waals surface area contributed by atoms with E-state index < -0.39 is 5.60 Å². The number of hydrogen-bond donors (Lipinski definition) is 1. The number of fused-ring (bicyclic) bond motifs is 1. The van der Waals surface area contributed by atoms with E-state index in [-0.39, 0.29) is 11.8 Å². The van der Waals surface area contributed by atoms with E-state index in [0.29, 0.717) is 25.9 Å². The maximum absolute atomic E-state index is 13.8. The molecule has 2 fully saturated rings. The number of likely N-dealkylation sites (tertiary alicyclic amines) is 1. The van der Waals surface area contributed by atoms with Gasteiger partial charge in [0, 0.05) is 38.3 Å². The third kappa shape index (κ3) is 4.78. The number of piperidine rings is 1. The van der Waals surface area contributed by atoms with Gasteiger partial charge < -0.3 is 24.0 Å². The van der Waals surface area contributed by atoms with Crippen molar-refractivity contribution in [1.82, 2.24) is 4.90 Å². The molecule has 3 aliphatic rings. The van der Waals surface area contributed by atoms with Gasteiger partial charge in [-0.25, -0.2) is 0 Å². The Bertz CT molecular complexity index is 1030. The third-order valence-corrected chi connectivity index (χ3v) is 8.64. The third-order valence-electron chi connectivity index (χ3n) is 8.64. The molecule has 6 nitrogen and oxygen atoms in total. The predicted molar refractivity (Wildman–Crippen MR) is 135 cm³/mol. The van der Waals surface area contributed by atoms with Gasteiger partial charge in [-0.2, -0.15) is 0 Å². The maximum atomic E-state index is 13.8. The largest absolute Gasteiger partial charge is 0.454 e. The lowest BCUT2D eigenvalue weighted by Crippen LogP contribution is -2.58. The number of carbonyl (C=O) groups is 1. The topological polar surface area (TPSA) is 59.0 Å². The molecule has 2 aliphatic heterocycles. The van der Waals surface area contributed by atoms with Crippen molar-refractivity contribution in [2.45, 2.75) is 56.6 Å². The van der Waals surface area contributed by atoms with Crippen LogP contribution in [0.2, 0.25) is 0 Å². The van der Waals surface area contributed by atoms with Gasteiger partial charge in [-0.1, -0.05) is 49.2 Å². The standard InChI is InChI=1S/C29H39N2O4/c1-31(2,19-16-22-12-13-26-27(20-22)35-21-34-26)25-14-17-30(18-15-25)28(32)29(33,24-10-6-7-11-24)23-8-4-3-5-9-23/h3-5,8-9,12-13,20,24-25,33H,6-7,10-11,14-19,21H2,1-2H3/q+1. The molecule has 1 saturated heterocycles. The summed E-state index contributed by atoms with van der Waals surface area (Å²) in [5.74, 6) is 1.57. The van der Waals surface area contributed by atoms with Crippen molar-refractivity contribution in [2.75, 3.05) is 40.5 Å². The van der Waals surface area contributed by atoms with Gasteiger partial charge in [0.25, 0.3) is 5.91 Å². The van der Waals surface area contributed by atoms with Crippen molar-refractivity contribution < 1.29 is 23.9 Å². The molecule has 188 valence electrons. The fourth-order valence-corrected chi connectivity index (χ4v) is 6.27. The van der Waals surface area contributed by atoms with Gasteiger partial charge in [-0.15, -0.1) is 0 Å². The van der Waals surface area contributed by atoms with E-state index >= 15 is 0 Å². The molecule has 2 aromatic carbocycles. The summed E-state index contributed by atoms with van der Waals surface area (Å²) in [6.07, 6.45) is 6.88. The summed E-state index contributed by atoms with van der Waals surface area (Å²) in [6, 6.07) is 16.3. The van der Waals surface area contributed by atoms with Crippen LogP contribution in [-0.4, -0.2) is 67.0 Å². The van der Waals surface area contributed by atoms with Crippen LogP contribution >= 0.6 is 0 Å². The summed E-state index contributed by atoms with van der Waals surface area (Å²) in [5.41, 5.74) is 0.602. The normalized spacial score (nSPS) is 20.7. The molecule has 35 heavy (non-hydrogen) atoms. The number of amides is 1. The Labute approximate surface area is 209 Å². The van der Waals surface area contributed by atoms with Gasteiger partial charge >= 0.3 is 0 Å². The Kier molecular flexibility index (Phi) is 6.78. The fraction of sp³-hybridized carbons (Fsp3) is 0.552. The average molecular weight is 480 g/mol. The smallest absolute Gasteiger partial charge is 0.259 e. The van der Waals surface area contributed by atoms with Gasteiger partial charge in [0.15, 0.2) is 17.1 Å². The molecule has 0 radical (unpaired) electrons. The van der Waals surface area contributed by atoms with Gasteiger partial charge in [0.1, 0.15) is 0 Å². The maximum Gasteiger partial charge on any atom is 0.259 e. The Morgan fingerprint density at radius 1 is 1.00 bits per heavy atom. The Morgan fingerprint density at radius 2 is 1.69 bits per heavy atom. The van der Waals surface area contributed by atoms with Crippen LogP contribution in [0.4, 0.5) is 0 Å². The van der Waals surface area contributed by atoms with Crippen LogP contribution in [0.25, 0.3) is 0 Å². The van der Waals surface area contributed by atoms with Crippen molar-refractivity contribution in [2.24, 2.45) is 5.92 Å². The zero-order valence-corrected chi connectivity index (χ0v) is 21.1. The highest BCUT2D eigenvalue weighted by Crippen LogP contribution is 2.42. The van der Waals surface area contributed by atoms with Crippen molar-refractivity contribution in [1.29, 1.82) is 0 Å². The number of rotatable bonds is 7. The number of ether oxygens (including phenoxy) is 2. The quantitative estimate of drug-likeness (QED) is 0.608. The van der Waals surface area contributed by atoms with Crippen LogP contribution in [0, 0.1) is 5.92 Å². The lowest BCUT2D eigenvalue weighted by atomic mass is 9.78. The van der Waals surface area contributed by atoms with Crippen molar-refractivity contribution in [3.63, 3.8) is 0 Å². The molecule has 6 heteroatoms. The van der Waals surface area contributed by atoms with Gasteiger partial charge in [0.2, 0.25) is 6.79 Å². The van der Waals surface area contributed by atoms with Crippen molar-refractivity contribution in [3.05, 3.63) is 59.7 Å². The summed E-state index contributed by atoms with van der Waals surface area (Å²) in [6.45, 7) is 2.74. The first kappa shape index (κ1) is 24.1. The summed E-state index contributed by atoms with van der Waals surface area (Å²) in [7, 11) is 4.60. The second-order valence-corrected chi connectivity index (χ2v) is 11.1. The van der Waals surface area contributed by atoms with E-state index in [0.717, 1.165) is 73.0 Å². The second kappa shape index (κ2) is 9.82. The average Bonchev–Trinajstić information content (AvgIpc) is 3.60. The van der Waals surface area contributed by atoms with E-state index in [9.17, 15) is 9.90 Å². The minimum absolute atomic E-state index is 0.00375. The molecule has 1 unspecified atom stereocenters. The molecule has 2 aromatic rings. The molecular weight excluding hydrogens is 440 g/mol. The highest BCUT2D eigenvalue weighted by atomic mass is 16.7. The lowest BCUT2D eigenvalue weighted by Gasteiger charge is -2.45. The van der Waals surface area contributed by atoms with Crippen LogP contribution < -0.4 is 9.47 Å². The summed E-state index contributed by atoms with van der Waals surface area (Å²) >= 11 is 0. The number of likely N-dealkylation sites (N-methyl/N-ethyl adjacent to an activating group) is 1. The van der Waals surface area contributed by atoms with Crippen molar-refractivity contribution in [3.8, 4) is 11.5 Å². The van der Waals surface area contributed by atoms with Crippen LogP contribution in [0.15, 0.2) is 48.5 Å². The first-order valence-corrected chi connectivity index (χ1v) is 13.2. The fourth-order valence-electron chi connectivity index (χ4n) is 6.27. The Hall–Kier alpha value is -2.57. The van der Waals surface area contributed by atoms with E-state index in [1.54, 1.807) is 0 Å². The Morgan fingerprint density at radius 3 is 2.40 bits per heavy atom. The highest BCUT2D eigenvalue weighted by molar-refractivity contribution is 5.87. The van der Waals surface area contributed by atoms with Crippen molar-refractivity contribution >= 4 is 5.91 Å². The van der Waals surface area contributed by atoms with Gasteiger partial charge in [-0.3, -0.25) is 4.79 Å². The van der Waals surface area contributed by atoms with Gasteiger partial charge in [-0.05, 0) is 36.1 Å². The summed E-state index contributed by atoms with van der Waals surface area (Å²) in [4.78, 5) is 15.7. The van der Waals surface area contributed by atoms with Crippen LogP contribution in [0.1, 0.15) is 49.7 Å². The summed E-state index contributed by atoms with van der Waals surface area (Å²) in [5, 5.41) is 11.9. The number of nitrogens with zero attached hydrogens (tertiary/aromatic N) is 2. The monoisotopic (exact) mass is 479 g/mol. The van der Waals surface area contributed by atoms with E-state index in [1.807, 2.05) is 41.3 Å². The molecule has 1 amide bonds. The molecule has 2 heterocycles. The molecule has 1 N–H and O–H groups in total. The van der Waals surface area contributed by atoms with Crippen LogP contribution in [0.3, 0.4) is 0 Å². The molecule has 0 aromatic heterocycles. The first-order valence-electron chi connectivity index (χ1n) is 13.2. The molecule has 1 saturated carbocycles. The minimum atomic E-state index is -1.41. The zero-order valence-electron chi connectivity index (χ0n) is 21.1. The van der Waals surface area contributed by atoms with E-state index in [2.05, 4.69) is 26.2 Å². The minimum Gasteiger partial charge on any atom is -0.454 e. The first-order chi connectivity index (χ1) is 16.9. The van der Waals surface area contributed by atoms with Crippen LogP contribution in [0.5, 0.6) is 11.5 Å².